The number of carboxylic acid groups (broad SMARTS) is 1. The number of rotatable bonds is 6. The molecule has 0 aliphatic carbocycles. The Morgan fingerprint density at radius 1 is 1.43 bits per heavy atom. The van der Waals surface area contributed by atoms with Crippen molar-refractivity contribution < 1.29 is 63.4 Å². The van der Waals surface area contributed by atoms with E-state index in [-0.39, 0.29) is 57.6 Å². The monoisotopic (exact) mass is 463 g/mol. The van der Waals surface area contributed by atoms with Crippen molar-refractivity contribution in [3.05, 3.63) is 22.5 Å². The summed E-state index contributed by atoms with van der Waals surface area (Å²) < 4.78 is 4.88. The molecule has 15 heteroatoms. The number of fused-ring (bicyclic) bond motifs is 1. The Kier molecular flexibility index (Phi) is 7.87. The van der Waals surface area contributed by atoms with E-state index in [0.717, 1.165) is 34.9 Å². The number of amides is 2. The molecule has 0 aromatic carbocycles. The molecule has 1 aromatic heterocycles. The Morgan fingerprint density at radius 3 is 2.67 bits per heavy atom. The van der Waals surface area contributed by atoms with Gasteiger partial charge >= 0.3 is 35.5 Å². The molecular formula is C15H14N5NaO7S2. The molecule has 30 heavy (non-hydrogen) atoms. The van der Waals surface area contributed by atoms with Crippen LogP contribution in [0.15, 0.2) is 22.0 Å². The number of β-lactam (4-membered cyclic amide) rings is 1. The molecule has 3 rings (SSSR count). The van der Waals surface area contributed by atoms with Crippen molar-refractivity contribution in [2.24, 2.45) is 5.16 Å². The number of thioether (sulfide) groups is 1. The van der Waals surface area contributed by atoms with Crippen LogP contribution in [0.5, 0.6) is 0 Å². The number of carboxylic acids is 1. The molecule has 2 atom stereocenters. The molecule has 0 bridgehead atoms. The zero-order valence-corrected chi connectivity index (χ0v) is 19.7. The average Bonchev–Trinajstić information content (AvgIpc) is 3.08. The maximum Gasteiger partial charge on any atom is 1.00 e. The molecule has 0 radical (unpaired) electrons. The molecule has 2 aliphatic heterocycles. The van der Waals surface area contributed by atoms with Gasteiger partial charge in [-0.25, -0.2) is 4.98 Å². The fourth-order valence-corrected chi connectivity index (χ4v) is 4.54. The summed E-state index contributed by atoms with van der Waals surface area (Å²) in [4.78, 5) is 57.3. The number of anilines is 1. The van der Waals surface area contributed by atoms with Crippen molar-refractivity contribution in [1.29, 1.82) is 0 Å². The summed E-state index contributed by atoms with van der Waals surface area (Å²) >= 11 is 2.22. The number of carbonyl (C=O) groups is 4. The fourth-order valence-electron chi connectivity index (χ4n) is 2.73. The summed E-state index contributed by atoms with van der Waals surface area (Å²) in [6.45, 7) is 1.11. The average molecular weight is 463 g/mol. The number of nitrogens with zero attached hydrogens (tertiary/aromatic N) is 3. The first kappa shape index (κ1) is 24.1. The molecule has 3 heterocycles. The molecule has 2 amide bonds. The summed E-state index contributed by atoms with van der Waals surface area (Å²) in [6, 6.07) is -1.03. The van der Waals surface area contributed by atoms with Crippen LogP contribution in [0, 0.1) is 0 Å². The minimum Gasteiger partial charge on any atom is -0.543 e. The van der Waals surface area contributed by atoms with Gasteiger partial charge in [-0.3, -0.25) is 19.3 Å². The zero-order chi connectivity index (χ0) is 21.3. The number of ether oxygens (including phenoxy) is 1. The molecule has 1 saturated heterocycles. The van der Waals surface area contributed by atoms with Crippen LogP contribution in [0.25, 0.3) is 0 Å². The molecule has 0 saturated carbocycles. The van der Waals surface area contributed by atoms with Crippen molar-refractivity contribution in [3.63, 3.8) is 0 Å². The van der Waals surface area contributed by atoms with Crippen LogP contribution in [-0.2, 0) is 28.8 Å². The Hall–Kier alpha value is -2.13. The SMILES string of the molecule is CO/N=C(\C(=O)N[C@@H]1C(=O)N2C(C(=O)[O-])=C(OC(C)=O)CS[C@H]12)c1csc(N)n1.[Na+]. The molecular weight excluding hydrogens is 449 g/mol. The van der Waals surface area contributed by atoms with Gasteiger partial charge in [0.25, 0.3) is 11.8 Å². The third-order valence-corrected chi connectivity index (χ3v) is 5.77. The number of nitrogens with one attached hydrogen (secondary N) is 1. The minimum absolute atomic E-state index is 0. The van der Waals surface area contributed by atoms with Gasteiger partial charge in [0.2, 0.25) is 0 Å². The normalized spacial score (nSPS) is 20.5. The summed E-state index contributed by atoms with van der Waals surface area (Å²) in [6.07, 6.45) is 0. The van der Waals surface area contributed by atoms with Gasteiger partial charge in [0.15, 0.2) is 10.8 Å². The number of hydrogen-bond donors (Lipinski definition) is 2. The van der Waals surface area contributed by atoms with E-state index < -0.39 is 40.9 Å². The van der Waals surface area contributed by atoms with E-state index in [1.165, 1.54) is 12.5 Å². The fraction of sp³-hybridized carbons (Fsp3) is 0.333. The van der Waals surface area contributed by atoms with Crippen LogP contribution in [-0.4, -0.2) is 63.6 Å². The first-order valence-corrected chi connectivity index (χ1v) is 9.88. The Morgan fingerprint density at radius 2 is 2.13 bits per heavy atom. The number of thiazole rings is 1. The van der Waals surface area contributed by atoms with Crippen molar-refractivity contribution in [3.8, 4) is 0 Å². The van der Waals surface area contributed by atoms with Crippen LogP contribution < -0.4 is 45.7 Å². The number of oxime groups is 1. The van der Waals surface area contributed by atoms with Gasteiger partial charge in [0.05, 0.1) is 11.7 Å². The molecule has 2 aliphatic rings. The molecule has 1 aromatic rings. The number of carbonyl (C=O) groups excluding carboxylic acids is 4. The number of aliphatic carboxylic acids is 1. The van der Waals surface area contributed by atoms with Crippen LogP contribution in [0.3, 0.4) is 0 Å². The number of esters is 1. The maximum absolute atomic E-state index is 12.6. The molecule has 0 unspecified atom stereocenters. The number of hydrogen-bond acceptors (Lipinski definition) is 12. The van der Waals surface area contributed by atoms with Crippen LogP contribution in [0.2, 0.25) is 0 Å². The number of nitrogens with two attached hydrogens (primary N) is 1. The van der Waals surface area contributed by atoms with E-state index in [0.29, 0.717) is 0 Å². The van der Waals surface area contributed by atoms with Crippen molar-refractivity contribution in [2.45, 2.75) is 18.3 Å². The van der Waals surface area contributed by atoms with Gasteiger partial charge in [0.1, 0.15) is 35.7 Å². The van der Waals surface area contributed by atoms with E-state index in [9.17, 15) is 24.3 Å². The van der Waals surface area contributed by atoms with Crippen molar-refractivity contribution >= 4 is 57.7 Å². The zero-order valence-electron chi connectivity index (χ0n) is 16.0. The third kappa shape index (κ3) is 4.62. The van der Waals surface area contributed by atoms with Crippen LogP contribution >= 0.6 is 23.1 Å². The molecule has 12 nitrogen and oxygen atoms in total. The number of nitrogen functional groups attached to an aromatic ring is 1. The summed E-state index contributed by atoms with van der Waals surface area (Å²) in [5.41, 5.74) is 5.01. The van der Waals surface area contributed by atoms with E-state index >= 15 is 0 Å². The summed E-state index contributed by atoms with van der Waals surface area (Å²) in [7, 11) is 1.24. The second-order valence-electron chi connectivity index (χ2n) is 5.71. The van der Waals surface area contributed by atoms with Crippen molar-refractivity contribution in [2.75, 3.05) is 18.6 Å². The number of aromatic nitrogens is 1. The van der Waals surface area contributed by atoms with E-state index in [1.807, 2.05) is 0 Å². The van der Waals surface area contributed by atoms with Crippen LogP contribution in [0.1, 0.15) is 12.6 Å². The van der Waals surface area contributed by atoms with Gasteiger partial charge in [-0.2, -0.15) is 0 Å². The van der Waals surface area contributed by atoms with Gasteiger partial charge in [-0.05, 0) is 0 Å². The minimum atomic E-state index is -1.66. The Balaban J connectivity index is 0.00000320. The molecule has 3 N–H and O–H groups in total. The van der Waals surface area contributed by atoms with Gasteiger partial charge in [0, 0.05) is 12.3 Å². The van der Waals surface area contributed by atoms with Crippen LogP contribution in [0.4, 0.5) is 5.13 Å². The quantitative estimate of drug-likeness (QED) is 0.137. The largest absolute Gasteiger partial charge is 1.00 e. The third-order valence-electron chi connectivity index (χ3n) is 3.84. The summed E-state index contributed by atoms with van der Waals surface area (Å²) in [5, 5.41) is 18.6. The predicted molar refractivity (Wildman–Crippen MR) is 98.9 cm³/mol. The van der Waals surface area contributed by atoms with E-state index in [1.54, 1.807) is 0 Å². The van der Waals surface area contributed by atoms with E-state index in [4.69, 9.17) is 10.5 Å². The second-order valence-corrected chi connectivity index (χ2v) is 7.70. The van der Waals surface area contributed by atoms with E-state index in [2.05, 4.69) is 20.3 Å². The smallest absolute Gasteiger partial charge is 0.543 e. The second kappa shape index (κ2) is 9.78. The van der Waals surface area contributed by atoms with Gasteiger partial charge in [-0.15, -0.1) is 23.1 Å². The van der Waals surface area contributed by atoms with Gasteiger partial charge in [-0.1, -0.05) is 5.16 Å². The molecule has 0 spiro atoms. The first-order valence-electron chi connectivity index (χ1n) is 7.95. The standard InChI is InChI=1S/C15H15N5O7S2.Na/c1-5(21)27-7-4-28-13-9(12(23)20(13)10(7)14(24)25)18-11(22)8(19-26-2)6-3-29-15(16)17-6;/h3,9,13H,4H2,1-2H3,(H2,16,17)(H,18,22)(H,24,25);/q;+1/p-1/b19-8-;/t9-,13-;/m1./s1. The maximum atomic E-state index is 12.6. The first-order chi connectivity index (χ1) is 13.7. The molecule has 154 valence electrons. The topological polar surface area (TPSA) is 176 Å². The van der Waals surface area contributed by atoms with Crippen molar-refractivity contribution in [1.82, 2.24) is 15.2 Å². The van der Waals surface area contributed by atoms with Gasteiger partial charge < -0.3 is 30.5 Å². The summed E-state index contributed by atoms with van der Waals surface area (Å²) in [5.74, 6) is -4.01. The Bertz CT molecular complexity index is 963. The molecule has 1 fully saturated rings. The predicted octanol–water partition coefficient (Wildman–Crippen LogP) is -5.00. The Labute approximate surface area is 200 Å².